The summed E-state index contributed by atoms with van der Waals surface area (Å²) in [5, 5.41) is 14.2. The van der Waals surface area contributed by atoms with E-state index in [0.717, 1.165) is 12.8 Å². The first kappa shape index (κ1) is 14.0. The van der Waals surface area contributed by atoms with Gasteiger partial charge in [0.05, 0.1) is 25.4 Å². The number of rotatable bonds is 5. The van der Waals surface area contributed by atoms with Crippen LogP contribution in [0, 0.1) is 0 Å². The average molecular weight is 277 g/mol. The number of piperidine rings is 1. The van der Waals surface area contributed by atoms with Crippen LogP contribution in [0.5, 0.6) is 0 Å². The quantitative estimate of drug-likeness (QED) is 0.800. The van der Waals surface area contributed by atoms with Crippen LogP contribution in [-0.2, 0) is 16.1 Å². The van der Waals surface area contributed by atoms with Crippen molar-refractivity contribution in [3.63, 3.8) is 0 Å². The molecule has 0 saturated carbocycles. The van der Waals surface area contributed by atoms with Gasteiger partial charge in [-0.3, -0.25) is 0 Å². The zero-order valence-corrected chi connectivity index (χ0v) is 11.8. The van der Waals surface area contributed by atoms with Gasteiger partial charge in [0, 0.05) is 18.7 Å². The van der Waals surface area contributed by atoms with E-state index < -0.39 is 5.60 Å². The molecule has 0 radical (unpaired) electrons. The van der Waals surface area contributed by atoms with Gasteiger partial charge in [-0.1, -0.05) is 30.3 Å². The number of fused-ring (bicyclic) bond motifs is 2. The fraction of sp³-hybridized carbons (Fsp3) is 0.625. The smallest absolute Gasteiger partial charge is 0.0716 e. The molecule has 2 atom stereocenters. The highest BCUT2D eigenvalue weighted by Gasteiger charge is 2.40. The van der Waals surface area contributed by atoms with E-state index >= 15 is 0 Å². The highest BCUT2D eigenvalue weighted by Crippen LogP contribution is 2.30. The summed E-state index contributed by atoms with van der Waals surface area (Å²) in [6, 6.07) is 10.7. The number of aliphatic hydroxyl groups is 1. The average Bonchev–Trinajstić information content (AvgIpc) is 2.44. The summed E-state index contributed by atoms with van der Waals surface area (Å²) in [5.74, 6) is 0. The molecule has 2 aliphatic rings. The molecule has 0 spiro atoms. The van der Waals surface area contributed by atoms with E-state index in [9.17, 15) is 5.11 Å². The number of benzene rings is 1. The Bertz CT molecular complexity index is 411. The van der Waals surface area contributed by atoms with Crippen molar-refractivity contribution in [2.45, 2.75) is 43.6 Å². The van der Waals surface area contributed by atoms with Crippen molar-refractivity contribution in [1.82, 2.24) is 5.32 Å². The van der Waals surface area contributed by atoms with Gasteiger partial charge >= 0.3 is 0 Å². The molecule has 20 heavy (non-hydrogen) atoms. The fourth-order valence-electron chi connectivity index (χ4n) is 3.25. The van der Waals surface area contributed by atoms with E-state index in [2.05, 4.69) is 17.4 Å². The maximum atomic E-state index is 10.7. The van der Waals surface area contributed by atoms with Gasteiger partial charge in [0.25, 0.3) is 0 Å². The summed E-state index contributed by atoms with van der Waals surface area (Å²) in [7, 11) is 0. The Balaban J connectivity index is 1.43. The van der Waals surface area contributed by atoms with Crippen LogP contribution in [0.25, 0.3) is 0 Å². The Kier molecular flexibility index (Phi) is 4.36. The van der Waals surface area contributed by atoms with Gasteiger partial charge in [0.2, 0.25) is 0 Å². The summed E-state index contributed by atoms with van der Waals surface area (Å²) in [6.45, 7) is 2.64. The predicted octanol–water partition coefficient (Wildman–Crippen LogP) is 1.48. The normalized spacial score (nSPS) is 33.0. The van der Waals surface area contributed by atoms with Crippen molar-refractivity contribution in [3.8, 4) is 0 Å². The third-order valence-corrected chi connectivity index (χ3v) is 4.19. The van der Waals surface area contributed by atoms with Crippen molar-refractivity contribution in [1.29, 1.82) is 0 Å². The molecule has 0 aromatic heterocycles. The molecule has 2 fully saturated rings. The predicted molar refractivity (Wildman–Crippen MR) is 76.4 cm³/mol. The molecule has 3 rings (SSSR count). The Morgan fingerprint density at radius 2 is 1.90 bits per heavy atom. The number of nitrogens with one attached hydrogen (secondary N) is 1. The van der Waals surface area contributed by atoms with E-state index in [0.29, 0.717) is 44.9 Å². The lowest BCUT2D eigenvalue weighted by molar-refractivity contribution is -0.0898. The monoisotopic (exact) mass is 277 g/mol. The first-order valence-corrected chi connectivity index (χ1v) is 7.41. The minimum Gasteiger partial charge on any atom is -0.390 e. The molecule has 1 aromatic carbocycles. The second-order valence-electron chi connectivity index (χ2n) is 6.02. The van der Waals surface area contributed by atoms with Gasteiger partial charge < -0.3 is 19.9 Å². The minimum atomic E-state index is -0.596. The van der Waals surface area contributed by atoms with Gasteiger partial charge in [-0.15, -0.1) is 0 Å². The second kappa shape index (κ2) is 6.22. The van der Waals surface area contributed by atoms with Crippen molar-refractivity contribution in [2.24, 2.45) is 0 Å². The summed E-state index contributed by atoms with van der Waals surface area (Å²) < 4.78 is 11.2. The Labute approximate surface area is 120 Å². The SMILES string of the molecule is OC1(CCOCc2ccccc2)CC2COCC(C1)N2. The summed E-state index contributed by atoms with van der Waals surface area (Å²) >= 11 is 0. The van der Waals surface area contributed by atoms with Crippen LogP contribution in [0.15, 0.2) is 30.3 Å². The highest BCUT2D eigenvalue weighted by atomic mass is 16.5. The van der Waals surface area contributed by atoms with E-state index in [1.54, 1.807) is 0 Å². The molecule has 2 bridgehead atoms. The Morgan fingerprint density at radius 1 is 1.20 bits per heavy atom. The van der Waals surface area contributed by atoms with Crippen molar-refractivity contribution < 1.29 is 14.6 Å². The fourth-order valence-corrected chi connectivity index (χ4v) is 3.25. The van der Waals surface area contributed by atoms with Crippen molar-refractivity contribution in [3.05, 3.63) is 35.9 Å². The van der Waals surface area contributed by atoms with Gasteiger partial charge in [-0.2, -0.15) is 0 Å². The van der Waals surface area contributed by atoms with Gasteiger partial charge in [0.15, 0.2) is 0 Å². The highest BCUT2D eigenvalue weighted by molar-refractivity contribution is 5.13. The summed E-state index contributed by atoms with van der Waals surface area (Å²) in [6.07, 6.45) is 2.23. The second-order valence-corrected chi connectivity index (χ2v) is 6.02. The van der Waals surface area contributed by atoms with E-state index in [1.165, 1.54) is 5.56 Å². The maximum absolute atomic E-state index is 10.7. The van der Waals surface area contributed by atoms with E-state index in [-0.39, 0.29) is 0 Å². The van der Waals surface area contributed by atoms with E-state index in [4.69, 9.17) is 9.47 Å². The van der Waals surface area contributed by atoms with Crippen molar-refractivity contribution >= 4 is 0 Å². The third kappa shape index (κ3) is 3.58. The van der Waals surface area contributed by atoms with Gasteiger partial charge in [0.1, 0.15) is 0 Å². The largest absolute Gasteiger partial charge is 0.390 e. The number of morpholine rings is 1. The Morgan fingerprint density at radius 3 is 2.60 bits per heavy atom. The number of ether oxygens (including phenoxy) is 2. The molecule has 110 valence electrons. The Hall–Kier alpha value is -0.940. The van der Waals surface area contributed by atoms with Gasteiger partial charge in [-0.25, -0.2) is 0 Å². The van der Waals surface area contributed by atoms with Crippen LogP contribution in [0.3, 0.4) is 0 Å². The molecule has 4 nitrogen and oxygen atoms in total. The number of hydrogen-bond acceptors (Lipinski definition) is 4. The van der Waals surface area contributed by atoms with Crippen LogP contribution in [0.2, 0.25) is 0 Å². The van der Waals surface area contributed by atoms with Crippen LogP contribution in [0.1, 0.15) is 24.8 Å². The molecule has 2 saturated heterocycles. The van der Waals surface area contributed by atoms with Crippen LogP contribution < -0.4 is 5.32 Å². The molecular formula is C16H23NO3. The first-order chi connectivity index (χ1) is 9.73. The molecule has 0 aliphatic carbocycles. The van der Waals surface area contributed by atoms with Crippen LogP contribution in [-0.4, -0.2) is 42.6 Å². The summed E-state index contributed by atoms with van der Waals surface area (Å²) in [4.78, 5) is 0. The molecule has 2 aliphatic heterocycles. The van der Waals surface area contributed by atoms with E-state index in [1.807, 2.05) is 18.2 Å². The lowest BCUT2D eigenvalue weighted by Gasteiger charge is -2.45. The first-order valence-electron chi connectivity index (χ1n) is 7.41. The zero-order chi connectivity index (χ0) is 13.8. The molecule has 1 aromatic rings. The minimum absolute atomic E-state index is 0.293. The van der Waals surface area contributed by atoms with Crippen molar-refractivity contribution in [2.75, 3.05) is 19.8 Å². The molecule has 0 amide bonds. The van der Waals surface area contributed by atoms with Gasteiger partial charge in [-0.05, 0) is 24.8 Å². The molecule has 2 unspecified atom stereocenters. The molecule has 2 N–H and O–H groups in total. The van der Waals surface area contributed by atoms with Crippen LogP contribution in [0.4, 0.5) is 0 Å². The molecule has 2 heterocycles. The topological polar surface area (TPSA) is 50.7 Å². The molecular weight excluding hydrogens is 254 g/mol. The lowest BCUT2D eigenvalue weighted by atomic mass is 9.81. The number of hydrogen-bond donors (Lipinski definition) is 2. The van der Waals surface area contributed by atoms with Crippen LogP contribution >= 0.6 is 0 Å². The lowest BCUT2D eigenvalue weighted by Crippen LogP contribution is -2.60. The zero-order valence-electron chi connectivity index (χ0n) is 11.8. The standard InChI is InChI=1S/C16H23NO3/c18-16(8-14-11-20-12-15(9-16)17-14)6-7-19-10-13-4-2-1-3-5-13/h1-5,14-15,17-18H,6-12H2. The third-order valence-electron chi connectivity index (χ3n) is 4.19. The summed E-state index contributed by atoms with van der Waals surface area (Å²) in [5.41, 5.74) is 0.580. The maximum Gasteiger partial charge on any atom is 0.0716 e. The molecule has 4 heteroatoms.